The molecular weight excluding hydrogens is 302 g/mol. The summed E-state index contributed by atoms with van der Waals surface area (Å²) in [5.41, 5.74) is -0.00974. The van der Waals surface area contributed by atoms with E-state index >= 15 is 0 Å². The monoisotopic (exact) mass is 318 g/mol. The molecule has 1 aliphatic heterocycles. The standard InChI is InChI=1S/C16H16F2N4O/c17-12-4-5-14(13(18)9-12)21-15(23)11-3-1-8-22(10-11)16-19-6-2-7-20-16/h2,4-7,9,11H,1,3,8,10H2,(H,21,23). The topological polar surface area (TPSA) is 58.1 Å². The summed E-state index contributed by atoms with van der Waals surface area (Å²) < 4.78 is 26.5. The highest BCUT2D eigenvalue weighted by Gasteiger charge is 2.27. The summed E-state index contributed by atoms with van der Waals surface area (Å²) in [6.45, 7) is 1.25. The lowest BCUT2D eigenvalue weighted by Gasteiger charge is -2.31. The number of amides is 1. The first-order valence-corrected chi connectivity index (χ1v) is 7.41. The average Bonchev–Trinajstić information content (AvgIpc) is 2.58. The van der Waals surface area contributed by atoms with Crippen LogP contribution in [-0.4, -0.2) is 29.0 Å². The number of rotatable bonds is 3. The van der Waals surface area contributed by atoms with Crippen molar-refractivity contribution < 1.29 is 13.6 Å². The van der Waals surface area contributed by atoms with Gasteiger partial charge in [-0.25, -0.2) is 18.7 Å². The van der Waals surface area contributed by atoms with Gasteiger partial charge < -0.3 is 10.2 Å². The highest BCUT2D eigenvalue weighted by molar-refractivity contribution is 5.93. The maximum absolute atomic E-state index is 13.6. The highest BCUT2D eigenvalue weighted by atomic mass is 19.1. The lowest BCUT2D eigenvalue weighted by molar-refractivity contribution is -0.120. The molecule has 0 radical (unpaired) electrons. The van der Waals surface area contributed by atoms with Crippen LogP contribution in [0.3, 0.4) is 0 Å². The summed E-state index contributed by atoms with van der Waals surface area (Å²) in [5.74, 6) is -1.45. The molecule has 23 heavy (non-hydrogen) atoms. The lowest BCUT2D eigenvalue weighted by atomic mass is 9.97. The summed E-state index contributed by atoms with van der Waals surface area (Å²) in [4.78, 5) is 22.7. The zero-order valence-corrected chi connectivity index (χ0v) is 12.4. The van der Waals surface area contributed by atoms with Gasteiger partial charge in [-0.2, -0.15) is 0 Å². The van der Waals surface area contributed by atoms with Gasteiger partial charge in [0.25, 0.3) is 0 Å². The van der Waals surface area contributed by atoms with Crippen molar-refractivity contribution in [2.45, 2.75) is 12.8 Å². The van der Waals surface area contributed by atoms with Gasteiger partial charge in [0.15, 0.2) is 0 Å². The first kappa shape index (κ1) is 15.3. The van der Waals surface area contributed by atoms with Gasteiger partial charge in [-0.15, -0.1) is 0 Å². The van der Waals surface area contributed by atoms with Gasteiger partial charge in [-0.05, 0) is 31.0 Å². The summed E-state index contributed by atoms with van der Waals surface area (Å²) >= 11 is 0. The Kier molecular flexibility index (Phi) is 4.45. The summed E-state index contributed by atoms with van der Waals surface area (Å²) in [6, 6.07) is 4.82. The van der Waals surface area contributed by atoms with E-state index in [1.165, 1.54) is 6.07 Å². The number of halogens is 2. The number of piperidine rings is 1. The van der Waals surface area contributed by atoms with E-state index in [-0.39, 0.29) is 17.5 Å². The fraction of sp³-hybridized carbons (Fsp3) is 0.312. The van der Waals surface area contributed by atoms with E-state index in [0.29, 0.717) is 18.9 Å². The van der Waals surface area contributed by atoms with Crippen molar-refractivity contribution in [2.75, 3.05) is 23.3 Å². The number of hydrogen-bond donors (Lipinski definition) is 1. The highest BCUT2D eigenvalue weighted by Crippen LogP contribution is 2.22. The molecule has 2 aromatic rings. The molecule has 120 valence electrons. The van der Waals surface area contributed by atoms with Crippen LogP contribution >= 0.6 is 0 Å². The molecule has 0 aliphatic carbocycles. The van der Waals surface area contributed by atoms with E-state index in [4.69, 9.17) is 0 Å². The van der Waals surface area contributed by atoms with Crippen LogP contribution in [0.1, 0.15) is 12.8 Å². The Labute approximate surface area is 132 Å². The molecular formula is C16H16F2N4O. The molecule has 1 aliphatic rings. The van der Waals surface area contributed by atoms with Crippen LogP contribution in [0.15, 0.2) is 36.7 Å². The van der Waals surface area contributed by atoms with Crippen LogP contribution < -0.4 is 10.2 Å². The Hall–Kier alpha value is -2.57. The molecule has 1 amide bonds. The molecule has 1 aromatic carbocycles. The summed E-state index contributed by atoms with van der Waals surface area (Å²) in [6.07, 6.45) is 4.83. The van der Waals surface area contributed by atoms with Gasteiger partial charge in [0.2, 0.25) is 11.9 Å². The molecule has 0 saturated carbocycles. The van der Waals surface area contributed by atoms with Gasteiger partial charge in [-0.3, -0.25) is 4.79 Å². The molecule has 1 N–H and O–H groups in total. The smallest absolute Gasteiger partial charge is 0.229 e. The quantitative estimate of drug-likeness (QED) is 0.945. The second kappa shape index (κ2) is 6.68. The van der Waals surface area contributed by atoms with Gasteiger partial charge >= 0.3 is 0 Å². The maximum Gasteiger partial charge on any atom is 0.229 e. The maximum atomic E-state index is 13.6. The van der Waals surface area contributed by atoms with Crippen molar-refractivity contribution in [3.63, 3.8) is 0 Å². The van der Waals surface area contributed by atoms with E-state index < -0.39 is 11.6 Å². The van der Waals surface area contributed by atoms with Gasteiger partial charge in [0, 0.05) is 31.5 Å². The van der Waals surface area contributed by atoms with Crippen molar-refractivity contribution in [2.24, 2.45) is 5.92 Å². The number of nitrogens with zero attached hydrogens (tertiary/aromatic N) is 3. The van der Waals surface area contributed by atoms with Crippen LogP contribution in [0.25, 0.3) is 0 Å². The molecule has 7 heteroatoms. The molecule has 1 fully saturated rings. The predicted molar refractivity (Wildman–Crippen MR) is 82.0 cm³/mol. The van der Waals surface area contributed by atoms with E-state index in [1.54, 1.807) is 18.5 Å². The van der Waals surface area contributed by atoms with Crippen LogP contribution in [0.5, 0.6) is 0 Å². The Bertz CT molecular complexity index is 696. The fourth-order valence-corrected chi connectivity index (χ4v) is 2.65. The average molecular weight is 318 g/mol. The third kappa shape index (κ3) is 3.61. The minimum absolute atomic E-state index is 0.00974. The first-order valence-electron chi connectivity index (χ1n) is 7.41. The number of carbonyl (C=O) groups is 1. The third-order valence-corrected chi connectivity index (χ3v) is 3.82. The van der Waals surface area contributed by atoms with Crippen molar-refractivity contribution in [3.05, 3.63) is 48.3 Å². The van der Waals surface area contributed by atoms with E-state index in [0.717, 1.165) is 25.1 Å². The number of nitrogens with one attached hydrogen (secondary N) is 1. The van der Waals surface area contributed by atoms with E-state index in [2.05, 4.69) is 15.3 Å². The molecule has 3 rings (SSSR count). The fourth-order valence-electron chi connectivity index (χ4n) is 2.65. The van der Waals surface area contributed by atoms with Crippen LogP contribution in [0.4, 0.5) is 20.4 Å². The van der Waals surface area contributed by atoms with Crippen LogP contribution in [0, 0.1) is 17.6 Å². The normalized spacial score (nSPS) is 17.8. The Morgan fingerprint density at radius 3 is 2.78 bits per heavy atom. The lowest BCUT2D eigenvalue weighted by Crippen LogP contribution is -2.41. The zero-order chi connectivity index (χ0) is 16.2. The summed E-state index contributed by atoms with van der Waals surface area (Å²) in [5, 5.41) is 2.53. The van der Waals surface area contributed by atoms with Crippen molar-refractivity contribution >= 4 is 17.5 Å². The second-order valence-corrected chi connectivity index (χ2v) is 5.45. The predicted octanol–water partition coefficient (Wildman–Crippen LogP) is 2.61. The van der Waals surface area contributed by atoms with Crippen LogP contribution in [0.2, 0.25) is 0 Å². The number of benzene rings is 1. The number of aromatic nitrogens is 2. The molecule has 1 aromatic heterocycles. The zero-order valence-electron chi connectivity index (χ0n) is 12.4. The second-order valence-electron chi connectivity index (χ2n) is 5.45. The molecule has 1 saturated heterocycles. The first-order chi connectivity index (χ1) is 11.1. The summed E-state index contributed by atoms with van der Waals surface area (Å²) in [7, 11) is 0. The van der Waals surface area contributed by atoms with E-state index in [9.17, 15) is 13.6 Å². The minimum atomic E-state index is -0.780. The number of hydrogen-bond acceptors (Lipinski definition) is 4. The van der Waals surface area contributed by atoms with E-state index in [1.807, 2.05) is 4.90 Å². The van der Waals surface area contributed by atoms with Gasteiger partial charge in [0.05, 0.1) is 11.6 Å². The Balaban J connectivity index is 1.67. The van der Waals surface area contributed by atoms with Crippen LogP contribution in [-0.2, 0) is 4.79 Å². The largest absolute Gasteiger partial charge is 0.340 e. The Morgan fingerprint density at radius 2 is 2.04 bits per heavy atom. The number of anilines is 2. The molecule has 0 bridgehead atoms. The van der Waals surface area contributed by atoms with Crippen molar-refractivity contribution in [3.8, 4) is 0 Å². The van der Waals surface area contributed by atoms with Crippen molar-refractivity contribution in [1.29, 1.82) is 0 Å². The van der Waals surface area contributed by atoms with Gasteiger partial charge in [-0.1, -0.05) is 0 Å². The SMILES string of the molecule is O=C(Nc1ccc(F)cc1F)C1CCCN(c2ncccn2)C1. The van der Waals surface area contributed by atoms with Crippen molar-refractivity contribution in [1.82, 2.24) is 9.97 Å². The molecule has 0 spiro atoms. The molecule has 1 unspecified atom stereocenters. The molecule has 2 heterocycles. The molecule has 1 atom stereocenters. The van der Waals surface area contributed by atoms with Gasteiger partial charge in [0.1, 0.15) is 11.6 Å². The Morgan fingerprint density at radius 1 is 1.26 bits per heavy atom. The number of carbonyl (C=O) groups excluding carboxylic acids is 1. The third-order valence-electron chi connectivity index (χ3n) is 3.82. The molecule has 5 nitrogen and oxygen atoms in total. The minimum Gasteiger partial charge on any atom is -0.340 e.